The Morgan fingerprint density at radius 1 is 1.33 bits per heavy atom. The smallest absolute Gasteiger partial charge is 0.392 e. The minimum Gasteiger partial charge on any atom is -0.392 e. The molecule has 0 aromatic heterocycles. The van der Waals surface area contributed by atoms with E-state index in [1.165, 1.54) is 12.1 Å². The van der Waals surface area contributed by atoms with Gasteiger partial charge in [0, 0.05) is 19.1 Å². The molecule has 1 aliphatic rings. The first kappa shape index (κ1) is 16.3. The zero-order valence-corrected chi connectivity index (χ0v) is 11.8. The van der Waals surface area contributed by atoms with Crippen LogP contribution in [0.1, 0.15) is 36.9 Å². The van der Waals surface area contributed by atoms with E-state index in [4.69, 9.17) is 0 Å². The van der Waals surface area contributed by atoms with Crippen LogP contribution in [0.5, 0.6) is 0 Å². The highest BCUT2D eigenvalue weighted by Crippen LogP contribution is 2.40. The second-order valence-corrected chi connectivity index (χ2v) is 5.51. The lowest BCUT2D eigenvalue weighted by Crippen LogP contribution is -2.33. The van der Waals surface area contributed by atoms with Gasteiger partial charge in [-0.1, -0.05) is 25.1 Å². The average Bonchev–Trinajstić information content (AvgIpc) is 2.78. The van der Waals surface area contributed by atoms with Gasteiger partial charge >= 0.3 is 6.18 Å². The molecule has 1 heterocycles. The minimum absolute atomic E-state index is 0.171. The summed E-state index contributed by atoms with van der Waals surface area (Å²) in [6.45, 7) is 2.37. The van der Waals surface area contributed by atoms with Crippen LogP contribution in [0, 0.1) is 0 Å². The highest BCUT2D eigenvalue weighted by atomic mass is 19.4. The summed E-state index contributed by atoms with van der Waals surface area (Å²) in [4.78, 5) is 1.74. The number of likely N-dealkylation sites (tertiary alicyclic amines) is 1. The van der Waals surface area contributed by atoms with E-state index in [0.717, 1.165) is 6.07 Å². The van der Waals surface area contributed by atoms with Crippen molar-refractivity contribution in [2.45, 2.75) is 44.2 Å². The van der Waals surface area contributed by atoms with Crippen molar-refractivity contribution in [2.24, 2.45) is 0 Å². The number of benzene rings is 1. The molecule has 1 fully saturated rings. The topological polar surface area (TPSA) is 43.7 Å². The summed E-state index contributed by atoms with van der Waals surface area (Å²) in [5.74, 6) is 0. The summed E-state index contributed by atoms with van der Waals surface area (Å²) < 4.78 is 39.4. The fourth-order valence-electron chi connectivity index (χ4n) is 2.85. The van der Waals surface area contributed by atoms with Gasteiger partial charge in [0.15, 0.2) is 0 Å². The Kier molecular flexibility index (Phi) is 4.91. The summed E-state index contributed by atoms with van der Waals surface area (Å²) in [5.41, 5.74) is -0.495. The zero-order valence-electron chi connectivity index (χ0n) is 11.8. The number of hydrogen-bond donors (Lipinski definition) is 2. The predicted octanol–water partition coefficient (Wildman–Crippen LogP) is 2.58. The van der Waals surface area contributed by atoms with Crippen LogP contribution in [0.4, 0.5) is 13.2 Å². The van der Waals surface area contributed by atoms with Gasteiger partial charge in [0.2, 0.25) is 0 Å². The predicted molar refractivity (Wildman–Crippen MR) is 72.7 cm³/mol. The lowest BCUT2D eigenvalue weighted by atomic mass is 9.97. The van der Waals surface area contributed by atoms with Crippen LogP contribution < -0.4 is 0 Å². The van der Waals surface area contributed by atoms with Crippen molar-refractivity contribution in [3.63, 3.8) is 0 Å². The summed E-state index contributed by atoms with van der Waals surface area (Å²) in [5, 5.41) is 19.6. The number of β-amino-alcohol motifs (C(OH)–C–C–N with tert-alkyl or cyclic N) is 2. The maximum Gasteiger partial charge on any atom is 0.416 e. The summed E-state index contributed by atoms with van der Waals surface area (Å²) >= 11 is 0. The third-order valence-corrected chi connectivity index (χ3v) is 3.92. The molecule has 1 aromatic rings. The lowest BCUT2D eigenvalue weighted by Gasteiger charge is -2.28. The van der Waals surface area contributed by atoms with E-state index in [0.29, 0.717) is 6.42 Å². The Hall–Kier alpha value is -1.11. The molecule has 118 valence electrons. The van der Waals surface area contributed by atoms with Gasteiger partial charge in [-0.25, -0.2) is 0 Å². The first-order valence-corrected chi connectivity index (χ1v) is 7.09. The van der Waals surface area contributed by atoms with Crippen molar-refractivity contribution >= 4 is 0 Å². The normalized spacial score (nSPS) is 25.2. The highest BCUT2D eigenvalue weighted by molar-refractivity contribution is 5.33. The van der Waals surface area contributed by atoms with Gasteiger partial charge in [0.1, 0.15) is 0 Å². The molecule has 0 radical (unpaired) electrons. The molecule has 1 saturated heterocycles. The van der Waals surface area contributed by atoms with Crippen LogP contribution in [0.3, 0.4) is 0 Å². The molecule has 1 aliphatic heterocycles. The maximum atomic E-state index is 13.1. The average molecular weight is 303 g/mol. The molecule has 0 saturated carbocycles. The molecule has 0 aliphatic carbocycles. The number of rotatable bonds is 4. The highest BCUT2D eigenvalue weighted by Gasteiger charge is 2.39. The van der Waals surface area contributed by atoms with E-state index >= 15 is 0 Å². The molecule has 3 nitrogen and oxygen atoms in total. The van der Waals surface area contributed by atoms with Crippen molar-refractivity contribution in [3.8, 4) is 0 Å². The number of nitrogens with zero attached hydrogens (tertiary/aromatic N) is 1. The van der Waals surface area contributed by atoms with Gasteiger partial charge < -0.3 is 10.2 Å². The van der Waals surface area contributed by atoms with E-state index in [1.54, 1.807) is 11.0 Å². The molecule has 1 aromatic carbocycles. The van der Waals surface area contributed by atoms with Crippen LogP contribution in [-0.4, -0.2) is 40.4 Å². The van der Waals surface area contributed by atoms with Crippen LogP contribution in [0.25, 0.3) is 0 Å². The van der Waals surface area contributed by atoms with Gasteiger partial charge in [0.05, 0.1) is 17.8 Å². The van der Waals surface area contributed by atoms with Gasteiger partial charge in [-0.15, -0.1) is 0 Å². The Morgan fingerprint density at radius 3 is 2.62 bits per heavy atom. The Morgan fingerprint density at radius 2 is 2.00 bits per heavy atom. The fourth-order valence-corrected chi connectivity index (χ4v) is 2.85. The molecule has 0 unspecified atom stereocenters. The van der Waals surface area contributed by atoms with Crippen LogP contribution >= 0.6 is 0 Å². The maximum absolute atomic E-state index is 13.1. The molecular weight excluding hydrogens is 283 g/mol. The first-order chi connectivity index (χ1) is 9.82. The second-order valence-electron chi connectivity index (χ2n) is 5.51. The molecule has 2 N–H and O–H groups in total. The summed E-state index contributed by atoms with van der Waals surface area (Å²) in [7, 11) is 0. The van der Waals surface area contributed by atoms with Crippen molar-refractivity contribution in [3.05, 3.63) is 35.4 Å². The third kappa shape index (κ3) is 3.75. The monoisotopic (exact) mass is 303 g/mol. The van der Waals surface area contributed by atoms with Gasteiger partial charge in [-0.2, -0.15) is 13.2 Å². The number of aliphatic hydroxyl groups is 2. The van der Waals surface area contributed by atoms with Gasteiger partial charge in [0.25, 0.3) is 0 Å². The molecule has 3 atom stereocenters. The van der Waals surface area contributed by atoms with E-state index in [-0.39, 0.29) is 25.1 Å². The largest absolute Gasteiger partial charge is 0.416 e. The molecule has 2 rings (SSSR count). The SMILES string of the molecule is CC[C@H](O)CN1C[C@H](O)C[C@@H]1c1ccccc1C(F)(F)F. The van der Waals surface area contributed by atoms with E-state index in [2.05, 4.69) is 0 Å². The molecule has 21 heavy (non-hydrogen) atoms. The van der Waals surface area contributed by atoms with Crippen molar-refractivity contribution in [2.75, 3.05) is 13.1 Å². The Bertz CT molecular complexity index is 478. The van der Waals surface area contributed by atoms with Gasteiger partial charge in [-0.3, -0.25) is 4.90 Å². The van der Waals surface area contributed by atoms with Gasteiger partial charge in [-0.05, 0) is 24.5 Å². The van der Waals surface area contributed by atoms with Crippen LogP contribution in [0.15, 0.2) is 24.3 Å². The summed E-state index contributed by atoms with van der Waals surface area (Å²) in [6.07, 6.45) is -4.90. The van der Waals surface area contributed by atoms with E-state index < -0.39 is 30.0 Å². The molecule has 6 heteroatoms. The number of halogens is 3. The Balaban J connectivity index is 2.31. The Labute approximate surface area is 122 Å². The van der Waals surface area contributed by atoms with Crippen molar-refractivity contribution in [1.29, 1.82) is 0 Å². The molecule has 0 bridgehead atoms. The quantitative estimate of drug-likeness (QED) is 0.898. The zero-order chi connectivity index (χ0) is 15.6. The summed E-state index contributed by atoms with van der Waals surface area (Å²) in [6, 6.07) is 4.94. The minimum atomic E-state index is -4.42. The number of aliphatic hydroxyl groups excluding tert-OH is 2. The molecular formula is C15H20F3NO2. The van der Waals surface area contributed by atoms with Crippen molar-refractivity contribution in [1.82, 2.24) is 4.90 Å². The van der Waals surface area contributed by atoms with Crippen molar-refractivity contribution < 1.29 is 23.4 Å². The second kappa shape index (κ2) is 6.34. The standard InChI is InChI=1S/C15H20F3NO2/c1-2-10(20)8-19-9-11(21)7-14(19)12-5-3-4-6-13(12)15(16,17)18/h3-6,10-11,14,20-21H,2,7-9H2,1H3/t10-,11+,14+/m0/s1. The van der Waals surface area contributed by atoms with E-state index in [9.17, 15) is 23.4 Å². The van der Waals surface area contributed by atoms with Crippen LogP contribution in [0.2, 0.25) is 0 Å². The molecule has 0 spiro atoms. The lowest BCUT2D eigenvalue weighted by molar-refractivity contribution is -0.138. The fraction of sp³-hybridized carbons (Fsp3) is 0.600. The third-order valence-electron chi connectivity index (χ3n) is 3.92. The molecule has 0 amide bonds. The first-order valence-electron chi connectivity index (χ1n) is 7.09. The number of alkyl halides is 3. The van der Waals surface area contributed by atoms with E-state index in [1.807, 2.05) is 6.92 Å². The van der Waals surface area contributed by atoms with Crippen LogP contribution in [-0.2, 0) is 6.18 Å². The number of hydrogen-bond acceptors (Lipinski definition) is 3.